The number of para-hydroxylation sites is 1. The summed E-state index contributed by atoms with van der Waals surface area (Å²) in [5.74, 6) is 0.867. The zero-order chi connectivity index (χ0) is 26.8. The first-order chi connectivity index (χ1) is 18.3. The van der Waals surface area contributed by atoms with Crippen molar-refractivity contribution in [2.75, 3.05) is 19.2 Å². The van der Waals surface area contributed by atoms with Gasteiger partial charge in [0.25, 0.3) is 5.56 Å². The first-order valence-corrected chi connectivity index (χ1v) is 12.5. The number of ether oxygens (including phenoxy) is 3. The van der Waals surface area contributed by atoms with Crippen LogP contribution >= 0.6 is 12.2 Å². The predicted octanol–water partition coefficient (Wildman–Crippen LogP) is 5.06. The van der Waals surface area contributed by atoms with Crippen molar-refractivity contribution in [3.63, 3.8) is 0 Å². The number of carbonyl (C=O) groups is 1. The van der Waals surface area contributed by atoms with E-state index in [9.17, 15) is 9.59 Å². The minimum absolute atomic E-state index is 0.179. The van der Waals surface area contributed by atoms with Crippen LogP contribution in [0.25, 0.3) is 10.9 Å². The smallest absolute Gasteiger partial charge is 0.339 e. The van der Waals surface area contributed by atoms with Crippen molar-refractivity contribution < 1.29 is 19.0 Å². The second-order valence-electron chi connectivity index (χ2n) is 9.12. The number of benzene rings is 3. The molecule has 0 unspecified atom stereocenters. The number of esters is 1. The van der Waals surface area contributed by atoms with Crippen LogP contribution in [-0.2, 0) is 17.8 Å². The first-order valence-electron chi connectivity index (χ1n) is 12.1. The standard InChI is InChI=1S/C29H27N3O5S/c1-17-8-9-18(2)26-22(17)13-20(27(33)31-26)15-32(14-19-10-11-24-25(12-19)37-16-36-24)29(38)30-23-7-5-4-6-21(23)28(34)35-3/h4-13H,14-16H2,1-3H3,(H,30,38)(H,31,33). The molecule has 0 atom stereocenters. The maximum atomic E-state index is 13.2. The van der Waals surface area contributed by atoms with Crippen molar-refractivity contribution in [2.24, 2.45) is 0 Å². The molecule has 0 bridgehead atoms. The molecule has 2 N–H and O–H groups in total. The highest BCUT2D eigenvalue weighted by molar-refractivity contribution is 7.80. The molecule has 0 aliphatic carbocycles. The number of hydrogen-bond acceptors (Lipinski definition) is 6. The quantitative estimate of drug-likeness (QED) is 0.265. The Labute approximate surface area is 225 Å². The van der Waals surface area contributed by atoms with Gasteiger partial charge in [-0.25, -0.2) is 4.79 Å². The van der Waals surface area contributed by atoms with Gasteiger partial charge in [0, 0.05) is 17.5 Å². The third-order valence-corrected chi connectivity index (χ3v) is 6.91. The highest BCUT2D eigenvalue weighted by Crippen LogP contribution is 2.33. The minimum atomic E-state index is -0.477. The van der Waals surface area contributed by atoms with E-state index in [-0.39, 0.29) is 18.9 Å². The molecule has 0 saturated carbocycles. The van der Waals surface area contributed by atoms with E-state index in [0.29, 0.717) is 40.0 Å². The molecule has 1 aliphatic heterocycles. The highest BCUT2D eigenvalue weighted by Gasteiger charge is 2.20. The van der Waals surface area contributed by atoms with E-state index in [1.807, 2.05) is 55.1 Å². The van der Waals surface area contributed by atoms with Gasteiger partial charge in [0.15, 0.2) is 16.6 Å². The van der Waals surface area contributed by atoms with Crippen molar-refractivity contribution >= 4 is 39.9 Å². The summed E-state index contributed by atoms with van der Waals surface area (Å²) in [6, 6.07) is 18.6. The van der Waals surface area contributed by atoms with E-state index in [1.54, 1.807) is 24.3 Å². The van der Waals surface area contributed by atoms with Crippen LogP contribution in [0.5, 0.6) is 11.5 Å². The SMILES string of the molecule is COC(=O)c1ccccc1NC(=S)N(Cc1ccc2c(c1)OCO2)Cc1cc2c(C)ccc(C)c2[nH]c1=O. The zero-order valence-electron chi connectivity index (χ0n) is 21.3. The Morgan fingerprint density at radius 1 is 1.03 bits per heavy atom. The maximum absolute atomic E-state index is 13.2. The lowest BCUT2D eigenvalue weighted by molar-refractivity contribution is 0.0602. The molecule has 4 aromatic rings. The molecular weight excluding hydrogens is 502 g/mol. The minimum Gasteiger partial charge on any atom is -0.465 e. The number of rotatable bonds is 6. The van der Waals surface area contributed by atoms with Gasteiger partial charge < -0.3 is 29.4 Å². The molecule has 2 heterocycles. The number of anilines is 1. The number of nitrogens with zero attached hydrogens (tertiary/aromatic N) is 1. The fourth-order valence-electron chi connectivity index (χ4n) is 4.47. The summed E-state index contributed by atoms with van der Waals surface area (Å²) in [6.07, 6.45) is 0. The number of methoxy groups -OCH3 is 1. The fraction of sp³-hybridized carbons (Fsp3) is 0.207. The van der Waals surface area contributed by atoms with E-state index in [4.69, 9.17) is 26.4 Å². The molecule has 3 aromatic carbocycles. The summed E-state index contributed by atoms with van der Waals surface area (Å²) in [6.45, 7) is 4.79. The molecule has 0 saturated heterocycles. The summed E-state index contributed by atoms with van der Waals surface area (Å²) >= 11 is 5.82. The molecule has 38 heavy (non-hydrogen) atoms. The predicted molar refractivity (Wildman–Crippen MR) is 150 cm³/mol. The van der Waals surface area contributed by atoms with Crippen LogP contribution in [0.2, 0.25) is 0 Å². The highest BCUT2D eigenvalue weighted by atomic mass is 32.1. The largest absolute Gasteiger partial charge is 0.465 e. The molecule has 5 rings (SSSR count). The van der Waals surface area contributed by atoms with Gasteiger partial charge in [-0.1, -0.05) is 30.3 Å². The number of aromatic amines is 1. The Morgan fingerprint density at radius 2 is 1.79 bits per heavy atom. The number of pyridine rings is 1. The van der Waals surface area contributed by atoms with Gasteiger partial charge in [0.1, 0.15) is 0 Å². The monoisotopic (exact) mass is 529 g/mol. The lowest BCUT2D eigenvalue weighted by Crippen LogP contribution is -2.36. The third-order valence-electron chi connectivity index (χ3n) is 6.55. The molecule has 1 aromatic heterocycles. The number of aryl methyl sites for hydroxylation is 2. The van der Waals surface area contributed by atoms with Crippen molar-refractivity contribution in [1.82, 2.24) is 9.88 Å². The van der Waals surface area contributed by atoms with Crippen molar-refractivity contribution in [3.8, 4) is 11.5 Å². The van der Waals surface area contributed by atoms with Gasteiger partial charge in [-0.05, 0) is 73.1 Å². The normalized spacial score (nSPS) is 11.9. The van der Waals surface area contributed by atoms with Crippen molar-refractivity contribution in [2.45, 2.75) is 26.9 Å². The van der Waals surface area contributed by atoms with E-state index >= 15 is 0 Å². The summed E-state index contributed by atoms with van der Waals surface area (Å²) in [5.41, 5.74) is 5.07. The number of hydrogen-bond donors (Lipinski definition) is 2. The summed E-state index contributed by atoms with van der Waals surface area (Å²) in [5, 5.41) is 4.51. The van der Waals surface area contributed by atoms with Crippen LogP contribution < -0.4 is 20.3 Å². The fourth-order valence-corrected chi connectivity index (χ4v) is 4.71. The Balaban J connectivity index is 1.50. The van der Waals surface area contributed by atoms with Gasteiger partial charge >= 0.3 is 5.97 Å². The van der Waals surface area contributed by atoms with E-state index in [2.05, 4.69) is 10.3 Å². The Kier molecular flexibility index (Phi) is 7.02. The van der Waals surface area contributed by atoms with Crippen molar-refractivity contribution in [3.05, 3.63) is 98.8 Å². The van der Waals surface area contributed by atoms with Crippen LogP contribution in [0.15, 0.2) is 65.5 Å². The van der Waals surface area contributed by atoms with Gasteiger partial charge in [-0.3, -0.25) is 4.79 Å². The van der Waals surface area contributed by atoms with E-state index < -0.39 is 5.97 Å². The summed E-state index contributed by atoms with van der Waals surface area (Å²) in [7, 11) is 1.33. The number of H-pyrrole nitrogens is 1. The lowest BCUT2D eigenvalue weighted by Gasteiger charge is -2.27. The Hall–Kier alpha value is -4.37. The van der Waals surface area contributed by atoms with Gasteiger partial charge in [-0.15, -0.1) is 0 Å². The third kappa shape index (κ3) is 5.05. The van der Waals surface area contributed by atoms with Crippen LogP contribution in [0.4, 0.5) is 5.69 Å². The molecular formula is C29H27N3O5S. The number of carbonyl (C=O) groups excluding carboxylic acids is 1. The van der Waals surface area contributed by atoms with Crippen LogP contribution in [-0.4, -0.2) is 34.9 Å². The van der Waals surface area contributed by atoms with Gasteiger partial charge in [0.05, 0.1) is 30.4 Å². The zero-order valence-corrected chi connectivity index (χ0v) is 22.1. The average Bonchev–Trinajstić information content (AvgIpc) is 3.39. The van der Waals surface area contributed by atoms with Gasteiger partial charge in [0.2, 0.25) is 6.79 Å². The molecule has 0 radical (unpaired) electrons. The molecule has 194 valence electrons. The Morgan fingerprint density at radius 3 is 2.61 bits per heavy atom. The van der Waals surface area contributed by atoms with E-state index in [0.717, 1.165) is 27.6 Å². The molecule has 0 fully saturated rings. The number of thiocarbonyl (C=S) groups is 1. The second kappa shape index (κ2) is 10.5. The summed E-state index contributed by atoms with van der Waals surface area (Å²) in [4.78, 5) is 30.4. The molecule has 1 aliphatic rings. The van der Waals surface area contributed by atoms with E-state index in [1.165, 1.54) is 7.11 Å². The molecule has 9 heteroatoms. The molecule has 0 spiro atoms. The maximum Gasteiger partial charge on any atom is 0.339 e. The second-order valence-corrected chi connectivity index (χ2v) is 9.51. The number of aromatic nitrogens is 1. The van der Waals surface area contributed by atoms with Crippen LogP contribution in [0.3, 0.4) is 0 Å². The van der Waals surface area contributed by atoms with Gasteiger partial charge in [-0.2, -0.15) is 0 Å². The van der Waals surface area contributed by atoms with Crippen LogP contribution in [0, 0.1) is 13.8 Å². The topological polar surface area (TPSA) is 92.9 Å². The number of nitrogens with one attached hydrogen (secondary N) is 2. The molecule has 0 amide bonds. The van der Waals surface area contributed by atoms with Crippen LogP contribution in [0.1, 0.15) is 32.6 Å². The Bertz CT molecular complexity index is 1610. The average molecular weight is 530 g/mol. The first kappa shape index (κ1) is 25.3. The molecule has 8 nitrogen and oxygen atoms in total. The summed E-state index contributed by atoms with van der Waals surface area (Å²) < 4.78 is 15.9. The number of fused-ring (bicyclic) bond motifs is 2. The van der Waals surface area contributed by atoms with Crippen molar-refractivity contribution in [1.29, 1.82) is 0 Å². The lowest BCUT2D eigenvalue weighted by atomic mass is 10.0.